The van der Waals surface area contributed by atoms with Crippen LogP contribution in [0.1, 0.15) is 32.6 Å². The van der Waals surface area contributed by atoms with E-state index in [0.717, 1.165) is 18.9 Å². The highest BCUT2D eigenvalue weighted by atomic mass is 32.2. The molecule has 0 aliphatic carbocycles. The molecule has 0 amide bonds. The van der Waals surface area contributed by atoms with E-state index in [1.165, 1.54) is 37.9 Å². The summed E-state index contributed by atoms with van der Waals surface area (Å²) in [6, 6.07) is 0. The van der Waals surface area contributed by atoms with E-state index in [-0.39, 0.29) is 5.97 Å². The van der Waals surface area contributed by atoms with Gasteiger partial charge >= 0.3 is 5.97 Å². The van der Waals surface area contributed by atoms with Gasteiger partial charge in [0.05, 0.1) is 7.11 Å². The van der Waals surface area contributed by atoms with Gasteiger partial charge in [-0.25, -0.2) is 0 Å². The van der Waals surface area contributed by atoms with Crippen LogP contribution in [0.2, 0.25) is 0 Å². The number of methoxy groups -OCH3 is 1. The number of thioether (sulfide) groups is 1. The Kier molecular flexibility index (Phi) is 4.36. The van der Waals surface area contributed by atoms with E-state index in [0.29, 0.717) is 5.92 Å². The smallest absolute Gasteiger partial charge is 0.325 e. The van der Waals surface area contributed by atoms with E-state index in [9.17, 15) is 4.79 Å². The molecule has 17 heavy (non-hydrogen) atoms. The number of esters is 1. The average molecular weight is 257 g/mol. The van der Waals surface area contributed by atoms with Gasteiger partial charge in [-0.15, -0.1) is 0 Å². The molecule has 0 aromatic carbocycles. The summed E-state index contributed by atoms with van der Waals surface area (Å²) >= 11 is 2.08. The highest BCUT2D eigenvalue weighted by Crippen LogP contribution is 2.34. The molecule has 0 aromatic rings. The second-order valence-electron chi connectivity index (χ2n) is 5.57. The van der Waals surface area contributed by atoms with Crippen LogP contribution in [-0.2, 0) is 9.53 Å². The van der Waals surface area contributed by atoms with E-state index in [1.807, 2.05) is 6.92 Å². The molecule has 3 nitrogen and oxygen atoms in total. The second-order valence-corrected chi connectivity index (χ2v) is 6.79. The summed E-state index contributed by atoms with van der Waals surface area (Å²) < 4.78 is 4.87. The molecule has 2 heterocycles. The van der Waals surface area contributed by atoms with Crippen LogP contribution in [0.15, 0.2) is 0 Å². The summed E-state index contributed by atoms with van der Waals surface area (Å²) in [6.07, 6.45) is 4.93. The fourth-order valence-electron chi connectivity index (χ4n) is 3.09. The first-order valence-electron chi connectivity index (χ1n) is 6.55. The topological polar surface area (TPSA) is 38.3 Å². The van der Waals surface area contributed by atoms with Crippen molar-refractivity contribution >= 4 is 17.7 Å². The minimum Gasteiger partial charge on any atom is -0.468 e. The molecular formula is C13H23NO2S. The van der Waals surface area contributed by atoms with Crippen molar-refractivity contribution in [3.8, 4) is 0 Å². The lowest BCUT2D eigenvalue weighted by Gasteiger charge is -2.25. The molecule has 2 saturated heterocycles. The predicted octanol–water partition coefficient (Wildman–Crippen LogP) is 2.06. The van der Waals surface area contributed by atoms with Crippen LogP contribution in [0, 0.1) is 11.8 Å². The summed E-state index contributed by atoms with van der Waals surface area (Å²) in [4.78, 5) is 11.7. The average Bonchev–Trinajstić information content (AvgIpc) is 2.72. The molecule has 0 saturated carbocycles. The van der Waals surface area contributed by atoms with Crippen molar-refractivity contribution < 1.29 is 9.53 Å². The van der Waals surface area contributed by atoms with Crippen LogP contribution in [0.3, 0.4) is 0 Å². The van der Waals surface area contributed by atoms with Gasteiger partial charge in [0.25, 0.3) is 0 Å². The van der Waals surface area contributed by atoms with Crippen LogP contribution in [0.4, 0.5) is 0 Å². The van der Waals surface area contributed by atoms with Crippen molar-refractivity contribution in [2.75, 3.05) is 25.2 Å². The van der Waals surface area contributed by atoms with Crippen LogP contribution < -0.4 is 5.32 Å². The molecule has 4 heteroatoms. The van der Waals surface area contributed by atoms with Crippen molar-refractivity contribution in [3.05, 3.63) is 0 Å². The Labute approximate surface area is 108 Å². The molecule has 2 fully saturated rings. The van der Waals surface area contributed by atoms with Gasteiger partial charge < -0.3 is 10.1 Å². The van der Waals surface area contributed by atoms with Crippen molar-refractivity contribution in [3.63, 3.8) is 0 Å². The predicted molar refractivity (Wildman–Crippen MR) is 71.2 cm³/mol. The SMILES string of the molecule is COC(=O)C1(C)CC(CC2CCSCC2)CN1. The van der Waals surface area contributed by atoms with E-state index in [4.69, 9.17) is 4.74 Å². The van der Waals surface area contributed by atoms with Crippen molar-refractivity contribution in [2.24, 2.45) is 11.8 Å². The summed E-state index contributed by atoms with van der Waals surface area (Å²) in [5.74, 6) is 4.05. The van der Waals surface area contributed by atoms with Crippen LogP contribution in [0.25, 0.3) is 0 Å². The van der Waals surface area contributed by atoms with Crippen molar-refractivity contribution in [1.29, 1.82) is 0 Å². The number of nitrogens with one attached hydrogen (secondary N) is 1. The van der Waals surface area contributed by atoms with Gasteiger partial charge in [0.2, 0.25) is 0 Å². The van der Waals surface area contributed by atoms with E-state index in [1.54, 1.807) is 0 Å². The van der Waals surface area contributed by atoms with Gasteiger partial charge in [0.1, 0.15) is 5.54 Å². The number of rotatable bonds is 3. The zero-order chi connectivity index (χ0) is 12.3. The maximum Gasteiger partial charge on any atom is 0.325 e. The zero-order valence-electron chi connectivity index (χ0n) is 10.8. The quantitative estimate of drug-likeness (QED) is 0.786. The molecule has 1 N–H and O–H groups in total. The summed E-state index contributed by atoms with van der Waals surface area (Å²) in [5.41, 5.74) is -0.442. The molecule has 2 unspecified atom stereocenters. The van der Waals surface area contributed by atoms with Gasteiger partial charge in [-0.2, -0.15) is 11.8 Å². The molecule has 2 atom stereocenters. The van der Waals surface area contributed by atoms with Crippen LogP contribution in [-0.4, -0.2) is 36.7 Å². The van der Waals surface area contributed by atoms with Crippen LogP contribution >= 0.6 is 11.8 Å². The molecule has 0 spiro atoms. The van der Waals surface area contributed by atoms with Crippen molar-refractivity contribution in [1.82, 2.24) is 5.32 Å². The Morgan fingerprint density at radius 2 is 2.12 bits per heavy atom. The Bertz CT molecular complexity index is 279. The summed E-state index contributed by atoms with van der Waals surface area (Å²) in [7, 11) is 1.47. The maximum absolute atomic E-state index is 11.7. The first-order valence-corrected chi connectivity index (χ1v) is 7.71. The summed E-state index contributed by atoms with van der Waals surface area (Å²) in [5, 5.41) is 3.34. The first-order chi connectivity index (χ1) is 8.14. The second kappa shape index (κ2) is 5.61. The lowest BCUT2D eigenvalue weighted by molar-refractivity contribution is -0.147. The lowest BCUT2D eigenvalue weighted by atomic mass is 9.86. The van der Waals surface area contributed by atoms with E-state index >= 15 is 0 Å². The molecular weight excluding hydrogens is 234 g/mol. The Balaban J connectivity index is 1.82. The maximum atomic E-state index is 11.7. The third-order valence-corrected chi connectivity index (χ3v) is 5.17. The Morgan fingerprint density at radius 1 is 1.41 bits per heavy atom. The third kappa shape index (κ3) is 3.16. The zero-order valence-corrected chi connectivity index (χ0v) is 11.6. The normalized spacial score (nSPS) is 34.8. The molecule has 2 aliphatic heterocycles. The summed E-state index contributed by atoms with van der Waals surface area (Å²) in [6.45, 7) is 2.94. The Hall–Kier alpha value is -0.220. The van der Waals surface area contributed by atoms with E-state index in [2.05, 4.69) is 17.1 Å². The number of hydrogen-bond acceptors (Lipinski definition) is 4. The molecule has 98 valence electrons. The first kappa shape index (κ1) is 13.2. The van der Waals surface area contributed by atoms with Gasteiger partial charge in [-0.1, -0.05) is 0 Å². The minimum absolute atomic E-state index is 0.112. The highest BCUT2D eigenvalue weighted by molar-refractivity contribution is 7.99. The molecule has 2 rings (SSSR count). The van der Waals surface area contributed by atoms with Gasteiger partial charge in [0.15, 0.2) is 0 Å². The van der Waals surface area contributed by atoms with Gasteiger partial charge in [-0.05, 0) is 62.5 Å². The molecule has 0 radical (unpaired) electrons. The number of carbonyl (C=O) groups excluding carboxylic acids is 1. The number of hydrogen-bond donors (Lipinski definition) is 1. The van der Waals surface area contributed by atoms with Gasteiger partial charge in [-0.3, -0.25) is 4.79 Å². The largest absolute Gasteiger partial charge is 0.468 e. The standard InChI is InChI=1S/C13H23NO2S/c1-13(12(15)16-2)8-11(9-14-13)7-10-3-5-17-6-4-10/h10-11,14H,3-9H2,1-2H3. The Morgan fingerprint density at radius 3 is 2.76 bits per heavy atom. The number of carbonyl (C=O) groups is 1. The monoisotopic (exact) mass is 257 g/mol. The van der Waals surface area contributed by atoms with Gasteiger partial charge in [0, 0.05) is 0 Å². The minimum atomic E-state index is -0.442. The highest BCUT2D eigenvalue weighted by Gasteiger charge is 2.42. The fourth-order valence-corrected chi connectivity index (χ4v) is 4.30. The molecule has 2 aliphatic rings. The van der Waals surface area contributed by atoms with Crippen molar-refractivity contribution in [2.45, 2.75) is 38.1 Å². The number of ether oxygens (including phenoxy) is 1. The lowest BCUT2D eigenvalue weighted by Crippen LogP contribution is -2.45. The molecule has 0 aromatic heterocycles. The van der Waals surface area contributed by atoms with Crippen LogP contribution in [0.5, 0.6) is 0 Å². The third-order valence-electron chi connectivity index (χ3n) is 4.12. The van der Waals surface area contributed by atoms with E-state index < -0.39 is 5.54 Å². The molecule has 0 bridgehead atoms. The fraction of sp³-hybridized carbons (Fsp3) is 0.923.